The normalized spacial score (nSPS) is 10.2. The van der Waals surface area contributed by atoms with Gasteiger partial charge < -0.3 is 16.4 Å². The number of anilines is 2. The minimum Gasteiger partial charge on any atom is -0.368 e. The molecule has 0 fully saturated rings. The predicted molar refractivity (Wildman–Crippen MR) is 58.2 cm³/mol. The summed E-state index contributed by atoms with van der Waals surface area (Å²) in [6.07, 6.45) is 0.949. The van der Waals surface area contributed by atoms with Gasteiger partial charge in [-0.25, -0.2) is 9.37 Å². The lowest BCUT2D eigenvalue weighted by molar-refractivity contribution is -0.119. The van der Waals surface area contributed by atoms with Crippen LogP contribution in [0, 0.1) is 5.82 Å². The van der Waals surface area contributed by atoms with E-state index in [0.29, 0.717) is 0 Å². The van der Waals surface area contributed by atoms with E-state index in [-0.39, 0.29) is 30.3 Å². The quantitative estimate of drug-likeness (QED) is 0.680. The second kappa shape index (κ2) is 5.24. The molecule has 1 aromatic rings. The lowest BCUT2D eigenvalue weighted by Crippen LogP contribution is -2.35. The van der Waals surface area contributed by atoms with Crippen molar-refractivity contribution < 1.29 is 9.18 Å². The number of amides is 1. The van der Waals surface area contributed by atoms with Crippen molar-refractivity contribution in [1.82, 2.24) is 15.3 Å². The Balaban J connectivity index is 2.54. The van der Waals surface area contributed by atoms with Crippen LogP contribution < -0.4 is 16.4 Å². The summed E-state index contributed by atoms with van der Waals surface area (Å²) in [6.45, 7) is 3.61. The third-order valence-corrected chi connectivity index (χ3v) is 1.63. The van der Waals surface area contributed by atoms with E-state index in [0.717, 1.165) is 6.20 Å². The van der Waals surface area contributed by atoms with Crippen molar-refractivity contribution in [2.75, 3.05) is 17.6 Å². The Labute approximate surface area is 92.5 Å². The van der Waals surface area contributed by atoms with Crippen molar-refractivity contribution in [2.45, 2.75) is 19.9 Å². The summed E-state index contributed by atoms with van der Waals surface area (Å²) in [5.41, 5.74) is 5.29. The summed E-state index contributed by atoms with van der Waals surface area (Å²) in [4.78, 5) is 18.3. The second-order valence-electron chi connectivity index (χ2n) is 3.50. The first-order valence-corrected chi connectivity index (χ1v) is 4.80. The molecule has 16 heavy (non-hydrogen) atoms. The molecule has 0 saturated carbocycles. The van der Waals surface area contributed by atoms with Gasteiger partial charge in [0.25, 0.3) is 0 Å². The van der Waals surface area contributed by atoms with Gasteiger partial charge in [-0.05, 0) is 13.8 Å². The van der Waals surface area contributed by atoms with Crippen molar-refractivity contribution >= 4 is 17.7 Å². The van der Waals surface area contributed by atoms with E-state index >= 15 is 0 Å². The summed E-state index contributed by atoms with van der Waals surface area (Å²) in [5.74, 6) is -1.02. The summed E-state index contributed by atoms with van der Waals surface area (Å²) in [5, 5.41) is 5.19. The minimum absolute atomic E-state index is 0.0367. The molecule has 0 unspecified atom stereocenters. The van der Waals surface area contributed by atoms with Gasteiger partial charge in [0.05, 0.1) is 12.7 Å². The Morgan fingerprint density at radius 3 is 2.94 bits per heavy atom. The van der Waals surface area contributed by atoms with E-state index in [4.69, 9.17) is 5.73 Å². The summed E-state index contributed by atoms with van der Waals surface area (Å²) >= 11 is 0. The molecule has 1 amide bonds. The van der Waals surface area contributed by atoms with Crippen LogP contribution in [0.2, 0.25) is 0 Å². The molecule has 1 heterocycles. The van der Waals surface area contributed by atoms with Crippen LogP contribution in [0.4, 0.5) is 16.2 Å². The zero-order chi connectivity index (χ0) is 12.1. The lowest BCUT2D eigenvalue weighted by Gasteiger charge is -2.09. The number of hydrogen-bond acceptors (Lipinski definition) is 5. The lowest BCUT2D eigenvalue weighted by atomic mass is 10.4. The molecule has 4 N–H and O–H groups in total. The minimum atomic E-state index is -0.647. The SMILES string of the molecule is CC(C)NC(=O)CNc1nc(N)ncc1F. The zero-order valence-electron chi connectivity index (χ0n) is 9.12. The fourth-order valence-corrected chi connectivity index (χ4v) is 1.04. The molecule has 7 heteroatoms. The second-order valence-corrected chi connectivity index (χ2v) is 3.50. The molecule has 1 aromatic heterocycles. The van der Waals surface area contributed by atoms with E-state index < -0.39 is 5.82 Å². The molecule has 0 saturated heterocycles. The number of halogens is 1. The Bertz CT molecular complexity index is 382. The smallest absolute Gasteiger partial charge is 0.239 e. The number of nitrogen functional groups attached to an aromatic ring is 1. The standard InChI is InChI=1S/C9H14FN5O/c1-5(2)14-7(16)4-12-8-6(10)3-13-9(11)15-8/h3,5H,4H2,1-2H3,(H,14,16)(H3,11,12,13,15). The topological polar surface area (TPSA) is 92.9 Å². The van der Waals surface area contributed by atoms with Gasteiger partial charge in [0.1, 0.15) is 0 Å². The summed E-state index contributed by atoms with van der Waals surface area (Å²) < 4.78 is 13.1. The Kier molecular flexibility index (Phi) is 3.98. The molecule has 0 aromatic carbocycles. The maximum Gasteiger partial charge on any atom is 0.239 e. The summed E-state index contributed by atoms with van der Waals surface area (Å²) in [7, 11) is 0. The van der Waals surface area contributed by atoms with Crippen LogP contribution in [0.1, 0.15) is 13.8 Å². The van der Waals surface area contributed by atoms with Gasteiger partial charge in [0, 0.05) is 6.04 Å². The van der Waals surface area contributed by atoms with E-state index in [2.05, 4.69) is 20.6 Å². The molecule has 0 radical (unpaired) electrons. The van der Waals surface area contributed by atoms with E-state index in [1.165, 1.54) is 0 Å². The highest BCUT2D eigenvalue weighted by atomic mass is 19.1. The van der Waals surface area contributed by atoms with Crippen LogP contribution in [0.5, 0.6) is 0 Å². The van der Waals surface area contributed by atoms with Crippen molar-refractivity contribution in [3.63, 3.8) is 0 Å². The van der Waals surface area contributed by atoms with Gasteiger partial charge >= 0.3 is 0 Å². The van der Waals surface area contributed by atoms with Gasteiger partial charge in [-0.3, -0.25) is 4.79 Å². The number of nitrogens with one attached hydrogen (secondary N) is 2. The Morgan fingerprint density at radius 2 is 2.31 bits per heavy atom. The average Bonchev–Trinajstić information content (AvgIpc) is 2.18. The highest BCUT2D eigenvalue weighted by molar-refractivity contribution is 5.80. The monoisotopic (exact) mass is 227 g/mol. The fourth-order valence-electron chi connectivity index (χ4n) is 1.04. The van der Waals surface area contributed by atoms with Gasteiger partial charge in [-0.2, -0.15) is 4.98 Å². The first-order valence-electron chi connectivity index (χ1n) is 4.80. The summed E-state index contributed by atoms with van der Waals surface area (Å²) in [6, 6.07) is 0.0367. The molecular weight excluding hydrogens is 213 g/mol. The number of nitrogens with two attached hydrogens (primary N) is 1. The molecular formula is C9H14FN5O. The molecule has 0 aliphatic rings. The first-order chi connectivity index (χ1) is 7.49. The van der Waals surface area contributed by atoms with Crippen LogP contribution >= 0.6 is 0 Å². The molecule has 0 atom stereocenters. The third-order valence-electron chi connectivity index (χ3n) is 1.63. The van der Waals surface area contributed by atoms with Gasteiger partial charge in [-0.1, -0.05) is 0 Å². The fraction of sp³-hybridized carbons (Fsp3) is 0.444. The van der Waals surface area contributed by atoms with Crippen LogP contribution in [0.15, 0.2) is 6.20 Å². The van der Waals surface area contributed by atoms with Crippen LogP contribution in [0.3, 0.4) is 0 Å². The van der Waals surface area contributed by atoms with E-state index in [1.807, 2.05) is 13.8 Å². The highest BCUT2D eigenvalue weighted by Gasteiger charge is 2.07. The van der Waals surface area contributed by atoms with Crippen LogP contribution in [-0.4, -0.2) is 28.5 Å². The largest absolute Gasteiger partial charge is 0.368 e. The number of rotatable bonds is 4. The number of carbonyl (C=O) groups excluding carboxylic acids is 1. The van der Waals surface area contributed by atoms with Crippen LogP contribution in [-0.2, 0) is 4.79 Å². The Morgan fingerprint density at radius 1 is 1.62 bits per heavy atom. The van der Waals surface area contributed by atoms with Gasteiger partial charge in [0.2, 0.25) is 11.9 Å². The molecule has 1 rings (SSSR count). The molecule has 0 bridgehead atoms. The predicted octanol–water partition coefficient (Wildman–Crippen LogP) is 0.134. The van der Waals surface area contributed by atoms with Crippen LogP contribution in [0.25, 0.3) is 0 Å². The molecule has 0 spiro atoms. The third kappa shape index (κ3) is 3.68. The van der Waals surface area contributed by atoms with E-state index in [9.17, 15) is 9.18 Å². The van der Waals surface area contributed by atoms with Crippen molar-refractivity contribution in [1.29, 1.82) is 0 Å². The maximum atomic E-state index is 13.1. The molecule has 0 aliphatic carbocycles. The Hall–Kier alpha value is -1.92. The number of aromatic nitrogens is 2. The molecule has 0 aliphatic heterocycles. The van der Waals surface area contributed by atoms with Crippen molar-refractivity contribution in [3.05, 3.63) is 12.0 Å². The molecule has 6 nitrogen and oxygen atoms in total. The maximum absolute atomic E-state index is 13.1. The van der Waals surface area contributed by atoms with Crippen molar-refractivity contribution in [2.24, 2.45) is 0 Å². The number of hydrogen-bond donors (Lipinski definition) is 3. The zero-order valence-corrected chi connectivity index (χ0v) is 9.12. The van der Waals surface area contributed by atoms with Crippen molar-refractivity contribution in [3.8, 4) is 0 Å². The average molecular weight is 227 g/mol. The highest BCUT2D eigenvalue weighted by Crippen LogP contribution is 2.09. The number of carbonyl (C=O) groups is 1. The van der Waals surface area contributed by atoms with Gasteiger partial charge in [-0.15, -0.1) is 0 Å². The number of nitrogens with zero attached hydrogens (tertiary/aromatic N) is 2. The molecule has 88 valence electrons. The van der Waals surface area contributed by atoms with Gasteiger partial charge in [0.15, 0.2) is 11.6 Å². The van der Waals surface area contributed by atoms with E-state index in [1.54, 1.807) is 0 Å². The first kappa shape index (κ1) is 12.2.